The van der Waals surface area contributed by atoms with Crippen LogP contribution in [0.1, 0.15) is 25.3 Å². The van der Waals surface area contributed by atoms with Gasteiger partial charge in [0.15, 0.2) is 0 Å². The van der Waals surface area contributed by atoms with Crippen LogP contribution in [-0.2, 0) is 20.7 Å². The van der Waals surface area contributed by atoms with Gasteiger partial charge in [0.1, 0.15) is 6.04 Å². The van der Waals surface area contributed by atoms with Gasteiger partial charge in [-0.2, -0.15) is 0 Å². The topological polar surface area (TPSA) is 66.8 Å². The van der Waals surface area contributed by atoms with Crippen LogP contribution in [0.5, 0.6) is 0 Å². The number of nitrogens with zero attached hydrogens (tertiary/aromatic N) is 1. The zero-order chi connectivity index (χ0) is 14.7. The molecule has 1 aliphatic rings. The Morgan fingerprint density at radius 3 is 2.80 bits per heavy atom. The predicted octanol–water partition coefficient (Wildman–Crippen LogP) is 1.84. The number of carbonyl (C=O) groups excluding carboxylic acids is 1. The number of carboxylic acids is 1. The molecule has 0 bridgehead atoms. The number of methoxy groups -OCH3 is 1. The van der Waals surface area contributed by atoms with Crippen molar-refractivity contribution in [2.45, 2.75) is 38.3 Å². The number of carboxylic acid groups (broad SMARTS) is 1. The summed E-state index contributed by atoms with van der Waals surface area (Å²) in [4.78, 5) is 25.1. The summed E-state index contributed by atoms with van der Waals surface area (Å²) in [5.74, 6) is -1.12. The minimum atomic E-state index is -0.964. The Morgan fingerprint density at radius 1 is 1.45 bits per heavy atom. The molecular weight excluding hydrogens is 258 g/mol. The molecule has 1 aromatic carbocycles. The fourth-order valence-electron chi connectivity index (χ4n) is 2.46. The first-order chi connectivity index (χ1) is 9.54. The molecule has 1 aromatic rings. The lowest BCUT2D eigenvalue weighted by molar-refractivity contribution is -0.139. The Hall–Kier alpha value is -1.88. The quantitative estimate of drug-likeness (QED) is 0.892. The van der Waals surface area contributed by atoms with Gasteiger partial charge >= 0.3 is 5.97 Å². The molecule has 2 atom stereocenters. The summed E-state index contributed by atoms with van der Waals surface area (Å²) < 4.78 is 5.12. The van der Waals surface area contributed by atoms with Gasteiger partial charge in [-0.3, -0.25) is 9.69 Å². The molecule has 2 rings (SSSR count). The lowest BCUT2D eigenvalue weighted by Crippen LogP contribution is -2.43. The third kappa shape index (κ3) is 2.82. The van der Waals surface area contributed by atoms with Crippen LogP contribution in [0.15, 0.2) is 24.3 Å². The van der Waals surface area contributed by atoms with Crippen molar-refractivity contribution in [3.05, 3.63) is 29.8 Å². The first-order valence-corrected chi connectivity index (χ1v) is 6.70. The smallest absolute Gasteiger partial charge is 0.327 e. The van der Waals surface area contributed by atoms with E-state index in [2.05, 4.69) is 0 Å². The molecule has 1 heterocycles. The van der Waals surface area contributed by atoms with Gasteiger partial charge in [0, 0.05) is 25.6 Å². The Labute approximate surface area is 118 Å². The molecule has 0 saturated heterocycles. The molecule has 1 amide bonds. The van der Waals surface area contributed by atoms with Gasteiger partial charge in [0.05, 0.1) is 6.10 Å². The number of carbonyl (C=O) groups is 2. The van der Waals surface area contributed by atoms with Gasteiger partial charge in [0.2, 0.25) is 5.91 Å². The van der Waals surface area contributed by atoms with Crippen LogP contribution in [-0.4, -0.2) is 36.2 Å². The summed E-state index contributed by atoms with van der Waals surface area (Å²) in [6.45, 7) is 1.89. The van der Waals surface area contributed by atoms with Crippen molar-refractivity contribution >= 4 is 17.6 Å². The fourth-order valence-corrected chi connectivity index (χ4v) is 2.46. The molecule has 0 radical (unpaired) electrons. The Morgan fingerprint density at radius 2 is 2.15 bits per heavy atom. The number of hydrogen-bond acceptors (Lipinski definition) is 3. The highest BCUT2D eigenvalue weighted by Crippen LogP contribution is 2.32. The van der Waals surface area contributed by atoms with Gasteiger partial charge in [-0.1, -0.05) is 18.2 Å². The fraction of sp³-hybridized carbons (Fsp3) is 0.467. The maximum absolute atomic E-state index is 12.4. The van der Waals surface area contributed by atoms with Crippen LogP contribution in [0.25, 0.3) is 0 Å². The summed E-state index contributed by atoms with van der Waals surface area (Å²) in [5.41, 5.74) is 1.63. The monoisotopic (exact) mass is 277 g/mol. The number of hydrogen-bond donors (Lipinski definition) is 1. The van der Waals surface area contributed by atoms with Crippen molar-refractivity contribution in [1.29, 1.82) is 0 Å². The average molecular weight is 277 g/mol. The van der Waals surface area contributed by atoms with E-state index in [0.29, 0.717) is 12.8 Å². The van der Waals surface area contributed by atoms with E-state index in [-0.39, 0.29) is 18.4 Å². The van der Waals surface area contributed by atoms with E-state index in [4.69, 9.17) is 4.74 Å². The van der Waals surface area contributed by atoms with Crippen LogP contribution in [0.4, 0.5) is 5.69 Å². The lowest BCUT2D eigenvalue weighted by atomic mass is 10.1. The largest absolute Gasteiger partial charge is 0.480 e. The highest BCUT2D eigenvalue weighted by molar-refractivity contribution is 6.01. The molecule has 108 valence electrons. The SMILES string of the molecule is COC(C)CCC(=O)N1c2ccccc2C[C@H]1C(=O)O. The summed E-state index contributed by atoms with van der Waals surface area (Å²) in [6, 6.07) is 6.56. The molecule has 1 aliphatic heterocycles. The molecule has 0 fully saturated rings. The zero-order valence-electron chi connectivity index (χ0n) is 11.7. The third-order valence-corrected chi connectivity index (χ3v) is 3.70. The van der Waals surface area contributed by atoms with Gasteiger partial charge in [-0.05, 0) is 25.0 Å². The molecule has 20 heavy (non-hydrogen) atoms. The molecule has 5 nitrogen and oxygen atoms in total. The molecular formula is C15H19NO4. The highest BCUT2D eigenvalue weighted by Gasteiger charge is 2.37. The van der Waals surface area contributed by atoms with Crippen LogP contribution in [0.2, 0.25) is 0 Å². The van der Waals surface area contributed by atoms with Crippen molar-refractivity contribution < 1.29 is 19.4 Å². The number of anilines is 1. The minimum absolute atomic E-state index is 0.0138. The second kappa shape index (κ2) is 6.05. The number of fused-ring (bicyclic) bond motifs is 1. The Bertz CT molecular complexity index is 514. The molecule has 0 spiro atoms. The average Bonchev–Trinajstić information content (AvgIpc) is 2.84. The van der Waals surface area contributed by atoms with Crippen molar-refractivity contribution in [2.75, 3.05) is 12.0 Å². The van der Waals surface area contributed by atoms with E-state index in [1.807, 2.05) is 25.1 Å². The van der Waals surface area contributed by atoms with Crippen molar-refractivity contribution in [3.63, 3.8) is 0 Å². The number of rotatable bonds is 5. The number of aliphatic carboxylic acids is 1. The summed E-state index contributed by atoms with van der Waals surface area (Å²) >= 11 is 0. The summed E-state index contributed by atoms with van der Waals surface area (Å²) in [7, 11) is 1.60. The summed E-state index contributed by atoms with van der Waals surface area (Å²) in [5, 5.41) is 9.31. The van der Waals surface area contributed by atoms with E-state index in [1.165, 1.54) is 4.90 Å². The molecule has 5 heteroatoms. The molecule has 0 aromatic heterocycles. The number of para-hydroxylation sites is 1. The number of benzene rings is 1. The minimum Gasteiger partial charge on any atom is -0.480 e. The molecule has 1 unspecified atom stereocenters. The van der Waals surface area contributed by atoms with Crippen LogP contribution >= 0.6 is 0 Å². The second-order valence-electron chi connectivity index (χ2n) is 5.04. The normalized spacial score (nSPS) is 18.7. The van der Waals surface area contributed by atoms with Crippen molar-refractivity contribution in [1.82, 2.24) is 0 Å². The molecule has 0 saturated carbocycles. The van der Waals surface area contributed by atoms with Crippen LogP contribution in [0, 0.1) is 0 Å². The van der Waals surface area contributed by atoms with E-state index in [9.17, 15) is 14.7 Å². The third-order valence-electron chi connectivity index (χ3n) is 3.70. The number of ether oxygens (including phenoxy) is 1. The van der Waals surface area contributed by atoms with Gasteiger partial charge < -0.3 is 9.84 Å². The molecule has 1 N–H and O–H groups in total. The highest BCUT2D eigenvalue weighted by atomic mass is 16.5. The maximum Gasteiger partial charge on any atom is 0.327 e. The lowest BCUT2D eigenvalue weighted by Gasteiger charge is -2.23. The Kier molecular flexibility index (Phi) is 4.39. The van der Waals surface area contributed by atoms with E-state index in [1.54, 1.807) is 13.2 Å². The standard InChI is InChI=1S/C15H19NO4/c1-10(20-2)7-8-14(17)16-12-6-4-3-5-11(12)9-13(16)15(18)19/h3-6,10,13H,7-9H2,1-2H3,(H,18,19)/t10?,13-/m0/s1. The van der Waals surface area contributed by atoms with Crippen molar-refractivity contribution in [2.24, 2.45) is 0 Å². The van der Waals surface area contributed by atoms with Crippen molar-refractivity contribution in [3.8, 4) is 0 Å². The first kappa shape index (κ1) is 14.5. The Balaban J connectivity index is 2.18. The van der Waals surface area contributed by atoms with Gasteiger partial charge in [0.25, 0.3) is 0 Å². The van der Waals surface area contributed by atoms with E-state index in [0.717, 1.165) is 11.3 Å². The predicted molar refractivity (Wildman–Crippen MR) is 74.8 cm³/mol. The second-order valence-corrected chi connectivity index (χ2v) is 5.04. The van der Waals surface area contributed by atoms with E-state index < -0.39 is 12.0 Å². The molecule has 0 aliphatic carbocycles. The number of amides is 1. The van der Waals surface area contributed by atoms with Crippen LogP contribution < -0.4 is 4.90 Å². The van der Waals surface area contributed by atoms with E-state index >= 15 is 0 Å². The zero-order valence-corrected chi connectivity index (χ0v) is 11.7. The van der Waals surface area contributed by atoms with Gasteiger partial charge in [-0.25, -0.2) is 4.79 Å². The maximum atomic E-state index is 12.4. The van der Waals surface area contributed by atoms with Crippen LogP contribution in [0.3, 0.4) is 0 Å². The van der Waals surface area contributed by atoms with Gasteiger partial charge in [-0.15, -0.1) is 0 Å². The first-order valence-electron chi connectivity index (χ1n) is 6.70. The summed E-state index contributed by atoms with van der Waals surface area (Å²) in [6.07, 6.45) is 1.23.